The smallest absolute Gasteiger partial charge is 0.263 e. The highest BCUT2D eigenvalue weighted by molar-refractivity contribution is 5.99. The van der Waals surface area contributed by atoms with Crippen molar-refractivity contribution in [1.29, 1.82) is 0 Å². The lowest BCUT2D eigenvalue weighted by Crippen LogP contribution is -3.13. The molecule has 0 atom stereocenters. The summed E-state index contributed by atoms with van der Waals surface area (Å²) in [7, 11) is 0. The summed E-state index contributed by atoms with van der Waals surface area (Å²) in [6, 6.07) is 14.1. The molecule has 1 amide bonds. The second-order valence-corrected chi connectivity index (χ2v) is 7.75. The van der Waals surface area contributed by atoms with E-state index in [1.807, 2.05) is 30.0 Å². The molecular weight excluding hydrogens is 382 g/mol. The Bertz CT molecular complexity index is 936. The number of carbonyl (C=O) groups is 1. The molecule has 1 fully saturated rings. The first kappa shape index (κ1) is 20.2. The van der Waals surface area contributed by atoms with Crippen LogP contribution < -0.4 is 14.4 Å². The SMILES string of the molecule is C/C(=N/OCC(=O)N1CC[NH+](Cc2ccccc2C)CC1)c1ccc2c(c1)OCO2. The molecule has 30 heavy (non-hydrogen) atoms. The van der Waals surface area contributed by atoms with Crippen LogP contribution in [-0.4, -0.2) is 56.1 Å². The molecule has 0 aliphatic carbocycles. The van der Waals surface area contributed by atoms with E-state index in [0.29, 0.717) is 11.5 Å². The van der Waals surface area contributed by atoms with Crippen molar-refractivity contribution in [2.75, 3.05) is 39.6 Å². The predicted octanol–water partition coefficient (Wildman–Crippen LogP) is 1.39. The number of nitrogens with one attached hydrogen (secondary N) is 1. The third-order valence-corrected chi connectivity index (χ3v) is 5.70. The highest BCUT2D eigenvalue weighted by atomic mass is 16.7. The summed E-state index contributed by atoms with van der Waals surface area (Å²) in [6.45, 7) is 8.56. The number of quaternary nitrogens is 1. The number of fused-ring (bicyclic) bond motifs is 1. The van der Waals surface area contributed by atoms with E-state index in [4.69, 9.17) is 14.3 Å². The Labute approximate surface area is 176 Å². The number of carbonyl (C=O) groups excluding carboxylic acids is 1. The maximum atomic E-state index is 12.5. The average molecular weight is 410 g/mol. The van der Waals surface area contributed by atoms with Gasteiger partial charge in [0.25, 0.3) is 5.91 Å². The van der Waals surface area contributed by atoms with Gasteiger partial charge in [-0.2, -0.15) is 0 Å². The van der Waals surface area contributed by atoms with Gasteiger partial charge in [0.2, 0.25) is 6.79 Å². The molecular formula is C23H28N3O4+. The molecule has 0 aromatic heterocycles. The first-order valence-corrected chi connectivity index (χ1v) is 10.3. The van der Waals surface area contributed by atoms with Crippen LogP contribution in [0.1, 0.15) is 23.6 Å². The van der Waals surface area contributed by atoms with Crippen LogP contribution in [0.15, 0.2) is 47.6 Å². The Morgan fingerprint density at radius 3 is 2.70 bits per heavy atom. The van der Waals surface area contributed by atoms with Gasteiger partial charge < -0.3 is 24.1 Å². The summed E-state index contributed by atoms with van der Waals surface area (Å²) in [4.78, 5) is 21.2. The van der Waals surface area contributed by atoms with Crippen LogP contribution in [0, 0.1) is 6.92 Å². The zero-order valence-corrected chi connectivity index (χ0v) is 17.5. The van der Waals surface area contributed by atoms with E-state index in [2.05, 4.69) is 36.3 Å². The van der Waals surface area contributed by atoms with E-state index >= 15 is 0 Å². The molecule has 1 N–H and O–H groups in total. The number of aryl methyl sites for hydroxylation is 1. The van der Waals surface area contributed by atoms with Crippen LogP contribution in [0.5, 0.6) is 11.5 Å². The molecule has 1 saturated heterocycles. The Hall–Kier alpha value is -3.06. The van der Waals surface area contributed by atoms with E-state index < -0.39 is 0 Å². The van der Waals surface area contributed by atoms with Crippen molar-refractivity contribution in [1.82, 2.24) is 4.90 Å². The van der Waals surface area contributed by atoms with Crippen molar-refractivity contribution in [3.63, 3.8) is 0 Å². The van der Waals surface area contributed by atoms with E-state index in [9.17, 15) is 4.79 Å². The van der Waals surface area contributed by atoms with Crippen molar-refractivity contribution < 1.29 is 24.0 Å². The quantitative estimate of drug-likeness (QED) is 0.578. The number of oxime groups is 1. The number of rotatable bonds is 6. The molecule has 2 aliphatic heterocycles. The van der Waals surface area contributed by atoms with E-state index in [1.54, 1.807) is 0 Å². The standard InChI is InChI=1S/C23H27N3O4/c1-17-5-3-4-6-20(17)14-25-9-11-26(12-10-25)23(27)15-30-24-18(2)19-7-8-21-22(13-19)29-16-28-21/h3-8,13H,9-12,14-16H2,1-2H3/p+1/b24-18-. The summed E-state index contributed by atoms with van der Waals surface area (Å²) in [5.74, 6) is 1.41. The highest BCUT2D eigenvalue weighted by Crippen LogP contribution is 2.32. The zero-order valence-electron chi connectivity index (χ0n) is 17.5. The van der Waals surface area contributed by atoms with Gasteiger partial charge in [-0.1, -0.05) is 29.4 Å². The topological polar surface area (TPSA) is 64.8 Å². The van der Waals surface area contributed by atoms with Gasteiger partial charge in [0, 0.05) is 11.1 Å². The van der Waals surface area contributed by atoms with Crippen LogP contribution in [0.3, 0.4) is 0 Å². The van der Waals surface area contributed by atoms with Gasteiger partial charge in [-0.3, -0.25) is 4.79 Å². The largest absolute Gasteiger partial charge is 0.454 e. The van der Waals surface area contributed by atoms with Crippen LogP contribution >= 0.6 is 0 Å². The Kier molecular flexibility index (Phi) is 6.18. The molecule has 2 aromatic rings. The van der Waals surface area contributed by atoms with E-state index in [-0.39, 0.29) is 19.3 Å². The first-order chi connectivity index (χ1) is 14.6. The Morgan fingerprint density at radius 2 is 1.90 bits per heavy atom. The molecule has 0 bridgehead atoms. The van der Waals surface area contributed by atoms with Crippen molar-refractivity contribution >= 4 is 11.6 Å². The molecule has 7 heteroatoms. The monoisotopic (exact) mass is 410 g/mol. The van der Waals surface area contributed by atoms with Crippen molar-refractivity contribution in [2.24, 2.45) is 5.16 Å². The number of hydrogen-bond acceptors (Lipinski definition) is 5. The molecule has 0 saturated carbocycles. The average Bonchev–Trinajstić information content (AvgIpc) is 3.23. The van der Waals surface area contributed by atoms with Crippen LogP contribution in [0.25, 0.3) is 0 Å². The summed E-state index contributed by atoms with van der Waals surface area (Å²) in [5, 5.41) is 4.10. The Balaban J connectivity index is 1.23. The van der Waals surface area contributed by atoms with Crippen LogP contribution in [-0.2, 0) is 16.2 Å². The lowest BCUT2D eigenvalue weighted by atomic mass is 10.1. The van der Waals surface area contributed by atoms with Crippen LogP contribution in [0.4, 0.5) is 0 Å². The number of ether oxygens (including phenoxy) is 2. The van der Waals surface area contributed by atoms with Gasteiger partial charge in [-0.25, -0.2) is 0 Å². The van der Waals surface area contributed by atoms with Gasteiger partial charge in [0.15, 0.2) is 18.1 Å². The molecule has 2 aromatic carbocycles. The molecule has 158 valence electrons. The van der Waals surface area contributed by atoms with Crippen molar-refractivity contribution in [2.45, 2.75) is 20.4 Å². The third-order valence-electron chi connectivity index (χ3n) is 5.70. The molecule has 2 heterocycles. The first-order valence-electron chi connectivity index (χ1n) is 10.3. The van der Waals surface area contributed by atoms with Gasteiger partial charge >= 0.3 is 0 Å². The predicted molar refractivity (Wildman–Crippen MR) is 113 cm³/mol. The van der Waals surface area contributed by atoms with Crippen molar-refractivity contribution in [3.05, 3.63) is 59.2 Å². The van der Waals surface area contributed by atoms with Gasteiger partial charge in [-0.15, -0.1) is 0 Å². The zero-order chi connectivity index (χ0) is 20.9. The maximum Gasteiger partial charge on any atom is 0.263 e. The normalized spacial score (nSPS) is 16.6. The Morgan fingerprint density at radius 1 is 1.13 bits per heavy atom. The molecule has 4 rings (SSSR count). The highest BCUT2D eigenvalue weighted by Gasteiger charge is 2.24. The molecule has 7 nitrogen and oxygen atoms in total. The van der Waals surface area contributed by atoms with Gasteiger partial charge in [0.1, 0.15) is 6.54 Å². The number of hydrogen-bond donors (Lipinski definition) is 1. The fourth-order valence-corrected chi connectivity index (χ4v) is 3.78. The van der Waals surface area contributed by atoms with Crippen LogP contribution in [0.2, 0.25) is 0 Å². The second-order valence-electron chi connectivity index (χ2n) is 7.75. The second kappa shape index (κ2) is 9.17. The number of piperazine rings is 1. The number of benzene rings is 2. The third kappa shape index (κ3) is 4.74. The van der Waals surface area contributed by atoms with Gasteiger partial charge in [0.05, 0.1) is 31.9 Å². The summed E-state index contributed by atoms with van der Waals surface area (Å²) in [5.41, 5.74) is 4.27. The molecule has 0 spiro atoms. The minimum atomic E-state index is -0.0466. The van der Waals surface area contributed by atoms with Gasteiger partial charge in [-0.05, 0) is 37.6 Å². The van der Waals surface area contributed by atoms with E-state index in [1.165, 1.54) is 16.0 Å². The maximum absolute atomic E-state index is 12.5. The lowest BCUT2D eigenvalue weighted by molar-refractivity contribution is -0.917. The summed E-state index contributed by atoms with van der Waals surface area (Å²) in [6.07, 6.45) is 0. The number of amides is 1. The fourth-order valence-electron chi connectivity index (χ4n) is 3.78. The van der Waals surface area contributed by atoms with E-state index in [0.717, 1.165) is 44.0 Å². The fraction of sp³-hybridized carbons (Fsp3) is 0.391. The molecule has 2 aliphatic rings. The molecule has 0 radical (unpaired) electrons. The lowest BCUT2D eigenvalue weighted by Gasteiger charge is -2.32. The summed E-state index contributed by atoms with van der Waals surface area (Å²) >= 11 is 0. The minimum absolute atomic E-state index is 0.0211. The minimum Gasteiger partial charge on any atom is -0.454 e. The number of nitrogens with zero attached hydrogens (tertiary/aromatic N) is 2. The summed E-state index contributed by atoms with van der Waals surface area (Å²) < 4.78 is 10.7. The molecule has 0 unspecified atom stereocenters. The van der Waals surface area contributed by atoms with Crippen molar-refractivity contribution in [3.8, 4) is 11.5 Å².